The molecule has 2 rings (SSSR count). The lowest BCUT2D eigenvalue weighted by atomic mass is 9.94. The molecule has 0 saturated heterocycles. The molecule has 5 heteroatoms. The van der Waals surface area contributed by atoms with Gasteiger partial charge in [0.2, 0.25) is 0 Å². The molecule has 21 heavy (non-hydrogen) atoms. The highest BCUT2D eigenvalue weighted by Gasteiger charge is 2.20. The van der Waals surface area contributed by atoms with E-state index in [2.05, 4.69) is 10.1 Å². The highest BCUT2D eigenvalue weighted by molar-refractivity contribution is 5.96. The Balaban J connectivity index is 2.02. The Hall–Kier alpha value is -1.59. The third-order valence-electron chi connectivity index (χ3n) is 4.22. The second-order valence-corrected chi connectivity index (χ2v) is 5.67. The molecule has 1 saturated carbocycles. The molecule has 0 radical (unpaired) electrons. The SMILES string of the molecule is NC(=NO)c1ccc(CN(CCO)C2CCCCC2)cc1. The van der Waals surface area contributed by atoms with Gasteiger partial charge in [-0.3, -0.25) is 4.90 Å². The molecule has 0 heterocycles. The van der Waals surface area contributed by atoms with E-state index in [-0.39, 0.29) is 12.4 Å². The monoisotopic (exact) mass is 291 g/mol. The van der Waals surface area contributed by atoms with Crippen LogP contribution in [0.4, 0.5) is 0 Å². The fraction of sp³-hybridized carbons (Fsp3) is 0.562. The van der Waals surface area contributed by atoms with Gasteiger partial charge >= 0.3 is 0 Å². The van der Waals surface area contributed by atoms with Gasteiger partial charge in [0, 0.05) is 24.7 Å². The van der Waals surface area contributed by atoms with Gasteiger partial charge in [-0.1, -0.05) is 48.7 Å². The number of oxime groups is 1. The van der Waals surface area contributed by atoms with Gasteiger partial charge in [0.1, 0.15) is 0 Å². The summed E-state index contributed by atoms with van der Waals surface area (Å²) in [5, 5.41) is 21.0. The van der Waals surface area contributed by atoms with E-state index in [4.69, 9.17) is 10.9 Å². The van der Waals surface area contributed by atoms with Crippen LogP contribution in [0.1, 0.15) is 43.2 Å². The number of nitrogens with two attached hydrogens (primary N) is 1. The summed E-state index contributed by atoms with van der Waals surface area (Å²) in [6.45, 7) is 1.74. The van der Waals surface area contributed by atoms with Crippen LogP contribution in [0.2, 0.25) is 0 Å². The van der Waals surface area contributed by atoms with Crippen molar-refractivity contribution in [3.8, 4) is 0 Å². The molecule has 0 aromatic heterocycles. The minimum Gasteiger partial charge on any atom is -0.409 e. The molecule has 1 aliphatic rings. The topological polar surface area (TPSA) is 82.1 Å². The Labute approximate surface area is 126 Å². The first-order chi connectivity index (χ1) is 10.2. The van der Waals surface area contributed by atoms with E-state index in [1.807, 2.05) is 24.3 Å². The predicted molar refractivity (Wildman–Crippen MR) is 83.3 cm³/mol. The van der Waals surface area contributed by atoms with Crippen LogP contribution in [-0.2, 0) is 6.54 Å². The van der Waals surface area contributed by atoms with E-state index >= 15 is 0 Å². The lowest BCUT2D eigenvalue weighted by molar-refractivity contribution is 0.117. The van der Waals surface area contributed by atoms with Gasteiger partial charge in [-0.05, 0) is 18.4 Å². The zero-order chi connectivity index (χ0) is 15.1. The van der Waals surface area contributed by atoms with E-state index in [0.29, 0.717) is 18.2 Å². The highest BCUT2D eigenvalue weighted by atomic mass is 16.4. The summed E-state index contributed by atoms with van der Waals surface area (Å²) < 4.78 is 0. The number of aliphatic hydroxyl groups is 1. The number of nitrogens with zero attached hydrogens (tertiary/aromatic N) is 2. The maximum atomic E-state index is 9.29. The first-order valence-electron chi connectivity index (χ1n) is 7.66. The molecule has 1 fully saturated rings. The van der Waals surface area contributed by atoms with Crippen LogP contribution < -0.4 is 5.73 Å². The molecule has 1 aromatic carbocycles. The molecule has 0 unspecified atom stereocenters. The van der Waals surface area contributed by atoms with Crippen molar-refractivity contribution < 1.29 is 10.3 Å². The Morgan fingerprint density at radius 3 is 2.43 bits per heavy atom. The smallest absolute Gasteiger partial charge is 0.170 e. The van der Waals surface area contributed by atoms with Crippen LogP contribution in [0.15, 0.2) is 29.4 Å². The maximum absolute atomic E-state index is 9.29. The summed E-state index contributed by atoms with van der Waals surface area (Å²) in [6, 6.07) is 8.31. The number of hydrogen-bond donors (Lipinski definition) is 3. The highest BCUT2D eigenvalue weighted by Crippen LogP contribution is 2.24. The van der Waals surface area contributed by atoms with E-state index in [9.17, 15) is 5.11 Å². The normalized spacial score (nSPS) is 17.3. The quantitative estimate of drug-likeness (QED) is 0.324. The van der Waals surface area contributed by atoms with E-state index < -0.39 is 0 Å². The zero-order valence-electron chi connectivity index (χ0n) is 12.4. The van der Waals surface area contributed by atoms with Gasteiger partial charge in [-0.25, -0.2) is 0 Å². The lowest BCUT2D eigenvalue weighted by Crippen LogP contribution is -2.38. The summed E-state index contributed by atoms with van der Waals surface area (Å²) in [5.41, 5.74) is 7.47. The molecule has 0 bridgehead atoms. The van der Waals surface area contributed by atoms with Gasteiger partial charge in [-0.15, -0.1) is 0 Å². The van der Waals surface area contributed by atoms with Gasteiger partial charge in [0.15, 0.2) is 5.84 Å². The average molecular weight is 291 g/mol. The van der Waals surface area contributed by atoms with Crippen LogP contribution in [-0.4, -0.2) is 40.2 Å². The largest absolute Gasteiger partial charge is 0.409 e. The summed E-state index contributed by atoms with van der Waals surface area (Å²) in [5.74, 6) is 0.126. The lowest BCUT2D eigenvalue weighted by Gasteiger charge is -2.34. The minimum absolute atomic E-state index is 0.126. The molecule has 0 aliphatic heterocycles. The molecule has 0 atom stereocenters. The van der Waals surface area contributed by atoms with Gasteiger partial charge in [0.05, 0.1) is 6.61 Å². The van der Waals surface area contributed by atoms with E-state index in [0.717, 1.165) is 6.54 Å². The summed E-state index contributed by atoms with van der Waals surface area (Å²) in [6.07, 6.45) is 6.35. The molecular formula is C16H25N3O2. The Kier molecular flexibility index (Phi) is 6.02. The van der Waals surface area contributed by atoms with Crippen molar-refractivity contribution in [1.29, 1.82) is 0 Å². The second-order valence-electron chi connectivity index (χ2n) is 5.67. The number of rotatable bonds is 6. The van der Waals surface area contributed by atoms with Crippen LogP contribution in [0, 0.1) is 0 Å². The van der Waals surface area contributed by atoms with Crippen LogP contribution in [0.3, 0.4) is 0 Å². The van der Waals surface area contributed by atoms with Crippen molar-refractivity contribution in [2.45, 2.75) is 44.7 Å². The molecule has 4 N–H and O–H groups in total. The molecular weight excluding hydrogens is 266 g/mol. The third-order valence-corrected chi connectivity index (χ3v) is 4.22. The second kappa shape index (κ2) is 8.00. The Morgan fingerprint density at radius 2 is 1.86 bits per heavy atom. The van der Waals surface area contributed by atoms with Crippen molar-refractivity contribution in [3.63, 3.8) is 0 Å². The first-order valence-corrected chi connectivity index (χ1v) is 7.66. The van der Waals surface area contributed by atoms with Crippen molar-refractivity contribution in [2.24, 2.45) is 10.9 Å². The third kappa shape index (κ3) is 4.44. The zero-order valence-corrected chi connectivity index (χ0v) is 12.4. The van der Waals surface area contributed by atoms with Crippen molar-refractivity contribution in [2.75, 3.05) is 13.2 Å². The van der Waals surface area contributed by atoms with Crippen molar-refractivity contribution >= 4 is 5.84 Å². The fourth-order valence-corrected chi connectivity index (χ4v) is 3.04. The van der Waals surface area contributed by atoms with Crippen molar-refractivity contribution in [1.82, 2.24) is 4.90 Å². The molecule has 116 valence electrons. The Morgan fingerprint density at radius 1 is 1.19 bits per heavy atom. The van der Waals surface area contributed by atoms with Crippen LogP contribution in [0.5, 0.6) is 0 Å². The number of amidine groups is 1. The van der Waals surface area contributed by atoms with Crippen LogP contribution >= 0.6 is 0 Å². The fourth-order valence-electron chi connectivity index (χ4n) is 3.04. The summed E-state index contributed by atoms with van der Waals surface area (Å²) in [4.78, 5) is 2.37. The maximum Gasteiger partial charge on any atom is 0.170 e. The van der Waals surface area contributed by atoms with E-state index in [1.54, 1.807) is 0 Å². The molecule has 0 spiro atoms. The molecule has 1 aromatic rings. The van der Waals surface area contributed by atoms with Gasteiger partial charge in [-0.2, -0.15) is 0 Å². The van der Waals surface area contributed by atoms with Crippen molar-refractivity contribution in [3.05, 3.63) is 35.4 Å². The number of aliphatic hydroxyl groups excluding tert-OH is 1. The first kappa shape index (κ1) is 15.8. The van der Waals surface area contributed by atoms with E-state index in [1.165, 1.54) is 37.7 Å². The summed E-state index contributed by atoms with van der Waals surface area (Å²) >= 11 is 0. The molecule has 0 amide bonds. The summed E-state index contributed by atoms with van der Waals surface area (Å²) in [7, 11) is 0. The number of hydrogen-bond acceptors (Lipinski definition) is 4. The molecule has 5 nitrogen and oxygen atoms in total. The van der Waals surface area contributed by atoms with Gasteiger partial charge in [0.25, 0.3) is 0 Å². The van der Waals surface area contributed by atoms with Crippen LogP contribution in [0.25, 0.3) is 0 Å². The Bertz CT molecular complexity index is 453. The predicted octanol–water partition coefficient (Wildman–Crippen LogP) is 1.91. The minimum atomic E-state index is 0.126. The number of benzene rings is 1. The average Bonchev–Trinajstić information content (AvgIpc) is 2.55. The van der Waals surface area contributed by atoms with Gasteiger partial charge < -0.3 is 16.0 Å². The standard InChI is InChI=1S/C16H25N3O2/c17-16(18-21)14-8-6-13(7-9-14)12-19(10-11-20)15-4-2-1-3-5-15/h6-9,15,20-21H,1-5,10-12H2,(H2,17,18). The molecule has 1 aliphatic carbocycles.